The Kier molecular flexibility index (Phi) is 4.11. The second kappa shape index (κ2) is 5.68. The Balaban J connectivity index is 2.55. The molecule has 1 saturated heterocycles. The zero-order valence-electron chi connectivity index (χ0n) is 11.0. The molecule has 2 rings (SSSR count). The Labute approximate surface area is 118 Å². The molecule has 4 atom stereocenters. The summed E-state index contributed by atoms with van der Waals surface area (Å²) in [6, 6.07) is 1.11. The van der Waals surface area contributed by atoms with Crippen LogP contribution in [0.3, 0.4) is 0 Å². The minimum atomic E-state index is -1.47. The molecule has 0 aliphatic carbocycles. The predicted octanol–water partition coefficient (Wildman–Crippen LogP) is -0.636. The molecule has 1 aliphatic rings. The molecule has 0 bridgehead atoms. The topological polar surface area (TPSA) is 166 Å². The van der Waals surface area contributed by atoms with Crippen LogP contribution < -0.4 is 11.0 Å². The number of anilines is 1. The number of nitrogens with one attached hydrogen (secondary N) is 1. The van der Waals surface area contributed by atoms with E-state index in [1.807, 2.05) is 0 Å². The van der Waals surface area contributed by atoms with E-state index in [4.69, 9.17) is 15.5 Å². The van der Waals surface area contributed by atoms with Gasteiger partial charge in [0.25, 0.3) is 5.56 Å². The largest absolute Gasteiger partial charge is 0.394 e. The normalized spacial score (nSPS) is 31.7. The molecule has 21 heavy (non-hydrogen) atoms. The Hall–Kier alpha value is -2.17. The van der Waals surface area contributed by atoms with Gasteiger partial charge in [0.15, 0.2) is 6.23 Å². The summed E-state index contributed by atoms with van der Waals surface area (Å²) >= 11 is 0. The van der Waals surface area contributed by atoms with Crippen molar-refractivity contribution >= 4 is 5.95 Å². The second-order valence-electron chi connectivity index (χ2n) is 4.68. The number of azide groups is 1. The van der Waals surface area contributed by atoms with E-state index in [0.717, 1.165) is 6.07 Å². The number of hydrogen-bond acceptors (Lipinski definition) is 8. The maximum atomic E-state index is 11.2. The van der Waals surface area contributed by atoms with Crippen molar-refractivity contribution in [3.8, 4) is 0 Å². The average Bonchev–Trinajstić information content (AvgIpc) is 2.71. The molecule has 0 radical (unpaired) electrons. The molecular formula is C10H14N6O5. The fourth-order valence-corrected chi connectivity index (χ4v) is 2.28. The van der Waals surface area contributed by atoms with E-state index in [1.165, 1.54) is 17.7 Å². The first kappa shape index (κ1) is 15.2. The zero-order chi connectivity index (χ0) is 15.6. The Morgan fingerprint density at radius 2 is 2.43 bits per heavy atom. The highest BCUT2D eigenvalue weighted by Gasteiger charge is 2.54. The van der Waals surface area contributed by atoms with E-state index in [0.29, 0.717) is 0 Å². The van der Waals surface area contributed by atoms with Crippen molar-refractivity contribution in [2.75, 3.05) is 12.1 Å². The van der Waals surface area contributed by atoms with Gasteiger partial charge in [-0.3, -0.25) is 14.6 Å². The zero-order valence-corrected chi connectivity index (χ0v) is 11.0. The van der Waals surface area contributed by atoms with Gasteiger partial charge in [-0.15, -0.1) is 0 Å². The van der Waals surface area contributed by atoms with Gasteiger partial charge < -0.3 is 14.9 Å². The number of aliphatic hydroxyl groups excluding tert-OH is 2. The van der Waals surface area contributed by atoms with Crippen LogP contribution in [-0.4, -0.2) is 49.3 Å². The number of aromatic nitrogens is 2. The van der Waals surface area contributed by atoms with Crippen LogP contribution in [0.15, 0.2) is 22.2 Å². The summed E-state index contributed by atoms with van der Waals surface area (Å²) in [6.45, 7) is 0.931. The van der Waals surface area contributed by atoms with E-state index >= 15 is 0 Å². The number of hydrogen-bond donors (Lipinski definition) is 4. The van der Waals surface area contributed by atoms with E-state index in [-0.39, 0.29) is 5.95 Å². The summed E-state index contributed by atoms with van der Waals surface area (Å²) in [6.07, 6.45) is -2.09. The van der Waals surface area contributed by atoms with Gasteiger partial charge in [0.1, 0.15) is 11.6 Å². The van der Waals surface area contributed by atoms with Gasteiger partial charge in [-0.05, 0) is 12.5 Å². The Morgan fingerprint density at radius 1 is 1.71 bits per heavy atom. The van der Waals surface area contributed by atoms with Crippen molar-refractivity contribution in [3.63, 3.8) is 0 Å². The van der Waals surface area contributed by atoms with Crippen LogP contribution in [0.25, 0.3) is 10.4 Å². The summed E-state index contributed by atoms with van der Waals surface area (Å²) in [5, 5.41) is 32.0. The number of ether oxygens (including phenoxy) is 1. The van der Waals surface area contributed by atoms with Crippen molar-refractivity contribution in [2.24, 2.45) is 5.11 Å². The molecule has 114 valence electrons. The lowest BCUT2D eigenvalue weighted by Crippen LogP contribution is -2.43. The predicted molar refractivity (Wildman–Crippen MR) is 68.5 cm³/mol. The van der Waals surface area contributed by atoms with Crippen LogP contribution in [0.4, 0.5) is 5.95 Å². The highest BCUT2D eigenvalue weighted by molar-refractivity contribution is 5.24. The van der Waals surface area contributed by atoms with Gasteiger partial charge in [-0.2, -0.15) is 4.98 Å². The maximum absolute atomic E-state index is 11.2. The smallest absolute Gasteiger partial charge is 0.274 e. The molecule has 2 heterocycles. The third-order valence-corrected chi connectivity index (χ3v) is 3.39. The molecule has 1 aliphatic heterocycles. The van der Waals surface area contributed by atoms with Crippen molar-refractivity contribution in [1.29, 1.82) is 0 Å². The molecule has 0 unspecified atom stereocenters. The lowest BCUT2D eigenvalue weighted by molar-refractivity contribution is -0.0469. The van der Waals surface area contributed by atoms with Crippen LogP contribution in [0, 0.1) is 0 Å². The number of aliphatic hydroxyl groups is 2. The van der Waals surface area contributed by atoms with E-state index in [1.54, 1.807) is 5.48 Å². The van der Waals surface area contributed by atoms with Gasteiger partial charge >= 0.3 is 0 Å². The van der Waals surface area contributed by atoms with Crippen LogP contribution in [0.5, 0.6) is 0 Å². The minimum Gasteiger partial charge on any atom is -0.394 e. The standard InChI is InChI=1S/C10H14N6O5/c1-10(14-15-11)7(19)5(4-17)21-8(10)16-3-2-6(18)12-9(16)13-20/h2-3,5,7-8,17,19-20H,4H2,1H3,(H,12,13,18)/t5-,7-,8-,10-/m1/s1. The summed E-state index contributed by atoms with van der Waals surface area (Å²) in [5.41, 5.74) is 8.35. The van der Waals surface area contributed by atoms with Crippen LogP contribution >= 0.6 is 0 Å². The van der Waals surface area contributed by atoms with Crippen molar-refractivity contribution in [2.45, 2.75) is 30.9 Å². The lowest BCUT2D eigenvalue weighted by Gasteiger charge is -2.29. The third-order valence-electron chi connectivity index (χ3n) is 3.39. The first-order chi connectivity index (χ1) is 9.97. The molecule has 11 nitrogen and oxygen atoms in total. The SMILES string of the molecule is C[C@@]1(N=[N+]=[N-])[C@H](O)[C@@H](CO)O[C@H]1n1ccc(=O)nc1NO. The molecule has 4 N–H and O–H groups in total. The molecular weight excluding hydrogens is 284 g/mol. The molecule has 1 fully saturated rings. The summed E-state index contributed by atoms with van der Waals surface area (Å²) in [7, 11) is 0. The third kappa shape index (κ3) is 2.44. The van der Waals surface area contributed by atoms with E-state index in [2.05, 4.69) is 15.0 Å². The average molecular weight is 298 g/mol. The van der Waals surface area contributed by atoms with E-state index < -0.39 is 36.1 Å². The van der Waals surface area contributed by atoms with Crippen LogP contribution in [0.2, 0.25) is 0 Å². The highest BCUT2D eigenvalue weighted by atomic mass is 16.5. The number of nitrogens with zero attached hydrogens (tertiary/aromatic N) is 5. The van der Waals surface area contributed by atoms with Gasteiger partial charge in [-0.25, -0.2) is 5.48 Å². The first-order valence-electron chi connectivity index (χ1n) is 5.98. The quantitative estimate of drug-likeness (QED) is 0.248. The molecule has 1 aromatic rings. The van der Waals surface area contributed by atoms with Crippen LogP contribution in [-0.2, 0) is 4.74 Å². The highest BCUT2D eigenvalue weighted by Crippen LogP contribution is 2.42. The minimum absolute atomic E-state index is 0.252. The number of rotatable bonds is 4. The molecule has 0 amide bonds. The molecule has 1 aromatic heterocycles. The monoisotopic (exact) mass is 298 g/mol. The summed E-state index contributed by atoms with van der Waals surface area (Å²) in [5.74, 6) is -0.252. The second-order valence-corrected chi connectivity index (χ2v) is 4.68. The van der Waals surface area contributed by atoms with Gasteiger partial charge in [0.2, 0.25) is 5.95 Å². The molecule has 0 aromatic carbocycles. The molecule has 11 heteroatoms. The van der Waals surface area contributed by atoms with Crippen molar-refractivity contribution in [1.82, 2.24) is 9.55 Å². The molecule has 0 spiro atoms. The Bertz CT molecular complexity index is 629. The van der Waals surface area contributed by atoms with Gasteiger partial charge in [-0.1, -0.05) is 5.11 Å². The van der Waals surface area contributed by atoms with E-state index in [9.17, 15) is 15.0 Å². The summed E-state index contributed by atoms with van der Waals surface area (Å²) < 4.78 is 6.65. The first-order valence-corrected chi connectivity index (χ1v) is 5.98. The Morgan fingerprint density at radius 3 is 3.00 bits per heavy atom. The fraction of sp³-hybridized carbons (Fsp3) is 0.600. The van der Waals surface area contributed by atoms with Gasteiger partial charge in [0, 0.05) is 17.2 Å². The van der Waals surface area contributed by atoms with Crippen molar-refractivity contribution < 1.29 is 20.2 Å². The maximum Gasteiger partial charge on any atom is 0.274 e. The van der Waals surface area contributed by atoms with Crippen LogP contribution in [0.1, 0.15) is 13.2 Å². The molecule has 0 saturated carbocycles. The van der Waals surface area contributed by atoms with Crippen molar-refractivity contribution in [3.05, 3.63) is 33.1 Å². The summed E-state index contributed by atoms with van der Waals surface area (Å²) in [4.78, 5) is 17.4. The fourth-order valence-electron chi connectivity index (χ4n) is 2.28. The van der Waals surface area contributed by atoms with Gasteiger partial charge in [0.05, 0.1) is 12.7 Å². The lowest BCUT2D eigenvalue weighted by atomic mass is 9.93.